The molecule has 1 fully saturated rings. The van der Waals surface area contributed by atoms with Crippen molar-refractivity contribution in [3.63, 3.8) is 0 Å². The second-order valence-electron chi connectivity index (χ2n) is 4.95. The maximum Gasteiger partial charge on any atom is 0.316 e. The van der Waals surface area contributed by atoms with E-state index in [9.17, 15) is 9.59 Å². The number of carbonyl (C=O) groups is 2. The van der Waals surface area contributed by atoms with E-state index in [1.807, 2.05) is 6.92 Å². The molecular weight excluding hydrogens is 280 g/mol. The number of hydrogen-bond donors (Lipinski definition) is 1. The average molecular weight is 297 g/mol. The maximum atomic E-state index is 12.2. The standard InChI is InChI=1S/C14H17ClN2O3/c1-9-4-5-11(15)7-12(9)20-13(18)10-3-2-6-17(8-10)14(16)19/h4-5,7,10H,2-3,6,8H2,1H3,(H2,16,19)/t10-/m0/s1. The molecule has 5 nitrogen and oxygen atoms in total. The van der Waals surface area contributed by atoms with Crippen molar-refractivity contribution in [2.24, 2.45) is 11.7 Å². The molecule has 0 spiro atoms. The number of halogens is 1. The summed E-state index contributed by atoms with van der Waals surface area (Å²) in [6, 6.07) is 4.65. The van der Waals surface area contributed by atoms with Gasteiger partial charge in [0.1, 0.15) is 5.75 Å². The summed E-state index contributed by atoms with van der Waals surface area (Å²) in [7, 11) is 0. The number of amides is 2. The van der Waals surface area contributed by atoms with Gasteiger partial charge in [0.15, 0.2) is 0 Å². The molecule has 1 aromatic carbocycles. The Morgan fingerprint density at radius 1 is 1.45 bits per heavy atom. The lowest BCUT2D eigenvalue weighted by Crippen LogP contribution is -2.45. The first-order chi connectivity index (χ1) is 9.47. The van der Waals surface area contributed by atoms with E-state index in [1.54, 1.807) is 18.2 Å². The van der Waals surface area contributed by atoms with Crippen LogP contribution in [0.4, 0.5) is 4.79 Å². The van der Waals surface area contributed by atoms with Crippen LogP contribution >= 0.6 is 11.6 Å². The van der Waals surface area contributed by atoms with Crippen molar-refractivity contribution < 1.29 is 14.3 Å². The number of nitrogens with two attached hydrogens (primary N) is 1. The Morgan fingerprint density at radius 2 is 2.20 bits per heavy atom. The number of likely N-dealkylation sites (tertiary alicyclic amines) is 1. The Hall–Kier alpha value is -1.75. The van der Waals surface area contributed by atoms with Crippen LogP contribution in [0.1, 0.15) is 18.4 Å². The zero-order valence-corrected chi connectivity index (χ0v) is 12.0. The number of primary amides is 1. The van der Waals surface area contributed by atoms with E-state index in [0.29, 0.717) is 30.3 Å². The molecule has 1 heterocycles. The van der Waals surface area contributed by atoms with Gasteiger partial charge in [0.05, 0.1) is 5.92 Å². The van der Waals surface area contributed by atoms with E-state index >= 15 is 0 Å². The molecule has 6 heteroatoms. The van der Waals surface area contributed by atoms with E-state index in [4.69, 9.17) is 22.1 Å². The van der Waals surface area contributed by atoms with E-state index in [-0.39, 0.29) is 11.9 Å². The molecule has 0 unspecified atom stereocenters. The fourth-order valence-corrected chi connectivity index (χ4v) is 2.41. The predicted molar refractivity (Wildman–Crippen MR) is 75.7 cm³/mol. The van der Waals surface area contributed by atoms with E-state index in [2.05, 4.69) is 0 Å². The molecular formula is C14H17ClN2O3. The molecule has 0 bridgehead atoms. The van der Waals surface area contributed by atoms with Crippen molar-refractivity contribution in [1.29, 1.82) is 0 Å². The smallest absolute Gasteiger partial charge is 0.316 e. The fourth-order valence-electron chi connectivity index (χ4n) is 2.25. The second-order valence-corrected chi connectivity index (χ2v) is 5.39. The minimum Gasteiger partial charge on any atom is -0.426 e. The van der Waals surface area contributed by atoms with Gasteiger partial charge in [0, 0.05) is 18.1 Å². The summed E-state index contributed by atoms with van der Waals surface area (Å²) in [5.74, 6) is -0.227. The highest BCUT2D eigenvalue weighted by Gasteiger charge is 2.29. The van der Waals surface area contributed by atoms with Crippen molar-refractivity contribution >= 4 is 23.6 Å². The summed E-state index contributed by atoms with van der Waals surface area (Å²) >= 11 is 5.89. The number of ether oxygens (including phenoxy) is 1. The van der Waals surface area contributed by atoms with Crippen molar-refractivity contribution in [1.82, 2.24) is 4.90 Å². The van der Waals surface area contributed by atoms with Crippen LogP contribution in [0.15, 0.2) is 18.2 Å². The number of hydrogen-bond acceptors (Lipinski definition) is 3. The summed E-state index contributed by atoms with van der Waals surface area (Å²) in [5, 5.41) is 0.515. The van der Waals surface area contributed by atoms with Gasteiger partial charge in [0.25, 0.3) is 0 Å². The van der Waals surface area contributed by atoms with E-state index < -0.39 is 6.03 Å². The molecule has 1 aromatic rings. The van der Waals surface area contributed by atoms with Crippen LogP contribution in [0.5, 0.6) is 5.75 Å². The van der Waals surface area contributed by atoms with Crippen LogP contribution in [-0.4, -0.2) is 30.0 Å². The third-order valence-electron chi connectivity index (χ3n) is 3.43. The number of nitrogens with zero attached hydrogens (tertiary/aromatic N) is 1. The largest absolute Gasteiger partial charge is 0.426 e. The van der Waals surface area contributed by atoms with Gasteiger partial charge in [-0.1, -0.05) is 17.7 Å². The zero-order chi connectivity index (χ0) is 14.7. The SMILES string of the molecule is Cc1ccc(Cl)cc1OC(=O)[C@H]1CCCN(C(N)=O)C1. The number of urea groups is 1. The summed E-state index contributed by atoms with van der Waals surface area (Å²) in [6.45, 7) is 2.75. The van der Waals surface area contributed by atoms with Gasteiger partial charge < -0.3 is 15.4 Å². The van der Waals surface area contributed by atoms with Gasteiger partial charge in [-0.05, 0) is 37.5 Å². The van der Waals surface area contributed by atoms with Gasteiger partial charge in [-0.2, -0.15) is 0 Å². The summed E-state index contributed by atoms with van der Waals surface area (Å²) in [4.78, 5) is 24.8. The molecule has 0 aliphatic carbocycles. The van der Waals surface area contributed by atoms with Gasteiger partial charge in [-0.15, -0.1) is 0 Å². The molecule has 108 valence electrons. The third kappa shape index (κ3) is 3.42. The lowest BCUT2D eigenvalue weighted by molar-refractivity contribution is -0.140. The molecule has 1 saturated heterocycles. The molecule has 1 aliphatic heterocycles. The minimum atomic E-state index is -0.499. The number of aryl methyl sites for hydroxylation is 1. The molecule has 2 amide bonds. The normalized spacial score (nSPS) is 18.7. The number of carbonyl (C=O) groups excluding carboxylic acids is 2. The van der Waals surface area contributed by atoms with Crippen LogP contribution in [-0.2, 0) is 4.79 Å². The highest BCUT2D eigenvalue weighted by Crippen LogP contribution is 2.25. The number of benzene rings is 1. The summed E-state index contributed by atoms with van der Waals surface area (Å²) < 4.78 is 5.39. The number of esters is 1. The maximum absolute atomic E-state index is 12.2. The fraction of sp³-hybridized carbons (Fsp3) is 0.429. The molecule has 1 aliphatic rings. The summed E-state index contributed by atoms with van der Waals surface area (Å²) in [5.41, 5.74) is 6.08. The topological polar surface area (TPSA) is 72.6 Å². The Labute approximate surface area is 122 Å². The monoisotopic (exact) mass is 296 g/mol. The van der Waals surface area contributed by atoms with Gasteiger partial charge in [-0.25, -0.2) is 4.79 Å². The molecule has 2 rings (SSSR count). The van der Waals surface area contributed by atoms with Crippen LogP contribution in [0.25, 0.3) is 0 Å². The predicted octanol–water partition coefficient (Wildman–Crippen LogP) is 2.34. The van der Waals surface area contributed by atoms with E-state index in [1.165, 1.54) is 4.90 Å². The first-order valence-corrected chi connectivity index (χ1v) is 6.87. The molecule has 2 N–H and O–H groups in total. The van der Waals surface area contributed by atoms with E-state index in [0.717, 1.165) is 12.0 Å². The highest BCUT2D eigenvalue weighted by molar-refractivity contribution is 6.30. The molecule has 0 radical (unpaired) electrons. The number of piperidine rings is 1. The molecule has 0 aromatic heterocycles. The van der Waals surface area contributed by atoms with Gasteiger partial charge >= 0.3 is 12.0 Å². The molecule has 0 saturated carbocycles. The quantitative estimate of drug-likeness (QED) is 0.672. The van der Waals surface area contributed by atoms with Crippen LogP contribution in [0, 0.1) is 12.8 Å². The van der Waals surface area contributed by atoms with Crippen LogP contribution in [0.3, 0.4) is 0 Å². The zero-order valence-electron chi connectivity index (χ0n) is 11.3. The first-order valence-electron chi connectivity index (χ1n) is 6.49. The van der Waals surface area contributed by atoms with Crippen molar-refractivity contribution in [2.45, 2.75) is 19.8 Å². The molecule has 20 heavy (non-hydrogen) atoms. The van der Waals surface area contributed by atoms with Crippen LogP contribution < -0.4 is 10.5 Å². The highest BCUT2D eigenvalue weighted by atomic mass is 35.5. The second kappa shape index (κ2) is 6.13. The Balaban J connectivity index is 2.04. The Bertz CT molecular complexity index is 533. The summed E-state index contributed by atoms with van der Waals surface area (Å²) in [6.07, 6.45) is 1.44. The Morgan fingerprint density at radius 3 is 2.90 bits per heavy atom. The van der Waals surface area contributed by atoms with Crippen molar-refractivity contribution in [2.75, 3.05) is 13.1 Å². The minimum absolute atomic E-state index is 0.313. The van der Waals surface area contributed by atoms with Gasteiger partial charge in [-0.3, -0.25) is 4.79 Å². The number of rotatable bonds is 2. The third-order valence-corrected chi connectivity index (χ3v) is 3.66. The Kier molecular flexibility index (Phi) is 4.49. The average Bonchev–Trinajstić information content (AvgIpc) is 2.43. The lowest BCUT2D eigenvalue weighted by atomic mass is 9.98. The lowest BCUT2D eigenvalue weighted by Gasteiger charge is -2.30. The van der Waals surface area contributed by atoms with Crippen LogP contribution in [0.2, 0.25) is 5.02 Å². The van der Waals surface area contributed by atoms with Gasteiger partial charge in [0.2, 0.25) is 0 Å². The molecule has 1 atom stereocenters. The first kappa shape index (κ1) is 14.7. The van der Waals surface area contributed by atoms with Crippen molar-refractivity contribution in [3.05, 3.63) is 28.8 Å². The van der Waals surface area contributed by atoms with Crippen molar-refractivity contribution in [3.8, 4) is 5.75 Å².